The van der Waals surface area contributed by atoms with E-state index in [4.69, 9.17) is 5.73 Å². The molecule has 0 aromatic heterocycles. The van der Waals surface area contributed by atoms with Gasteiger partial charge in [0.1, 0.15) is 5.82 Å². The van der Waals surface area contributed by atoms with Gasteiger partial charge >= 0.3 is 6.03 Å². The molecule has 3 N–H and O–H groups in total. The van der Waals surface area contributed by atoms with Crippen molar-refractivity contribution in [3.8, 4) is 0 Å². The molecule has 0 saturated carbocycles. The van der Waals surface area contributed by atoms with E-state index in [9.17, 15) is 14.0 Å². The van der Waals surface area contributed by atoms with Crippen molar-refractivity contribution in [2.24, 2.45) is 5.73 Å². The molecule has 2 aromatic carbocycles. The minimum Gasteiger partial charge on any atom is -0.351 e. The fraction of sp³-hybridized carbons (Fsp3) is 0.176. The second-order valence-corrected chi connectivity index (χ2v) is 6.04. The highest BCUT2D eigenvalue weighted by Gasteiger charge is 2.16. The fourth-order valence-electron chi connectivity index (χ4n) is 2.22. The first-order valence-corrected chi connectivity index (χ1v) is 8.09. The quantitative estimate of drug-likeness (QED) is 0.811. The lowest BCUT2D eigenvalue weighted by Crippen LogP contribution is -2.30. The third-order valence-corrected chi connectivity index (χ3v) is 3.93. The van der Waals surface area contributed by atoms with E-state index in [0.29, 0.717) is 23.4 Å². The first-order valence-electron chi connectivity index (χ1n) is 7.30. The molecular formula is C17H17BrFN3O2. The SMILES string of the molecule is CCN(Cc1cc(Br)ccc1F)C(=O)c1ccc(NC(N)=O)cc1. The van der Waals surface area contributed by atoms with Crippen LogP contribution in [0.25, 0.3) is 0 Å². The van der Waals surface area contributed by atoms with E-state index >= 15 is 0 Å². The molecule has 7 heteroatoms. The first kappa shape index (κ1) is 17.9. The minimum absolute atomic E-state index is 0.169. The molecule has 2 aromatic rings. The lowest BCUT2D eigenvalue weighted by atomic mass is 10.1. The normalized spacial score (nSPS) is 10.3. The van der Waals surface area contributed by atoms with Crippen LogP contribution in [-0.2, 0) is 6.54 Å². The van der Waals surface area contributed by atoms with Crippen molar-refractivity contribution in [1.82, 2.24) is 4.90 Å². The van der Waals surface area contributed by atoms with Crippen LogP contribution >= 0.6 is 15.9 Å². The Balaban J connectivity index is 2.16. The molecule has 0 bridgehead atoms. The molecular weight excluding hydrogens is 377 g/mol. The molecule has 0 aliphatic carbocycles. The Bertz CT molecular complexity index is 750. The van der Waals surface area contributed by atoms with Gasteiger partial charge in [0.15, 0.2) is 0 Å². The van der Waals surface area contributed by atoms with Crippen LogP contribution in [0.3, 0.4) is 0 Å². The van der Waals surface area contributed by atoms with Gasteiger partial charge in [0.2, 0.25) is 0 Å². The summed E-state index contributed by atoms with van der Waals surface area (Å²) >= 11 is 3.30. The van der Waals surface area contributed by atoms with Crippen LogP contribution in [0.4, 0.5) is 14.9 Å². The number of hydrogen-bond acceptors (Lipinski definition) is 2. The summed E-state index contributed by atoms with van der Waals surface area (Å²) < 4.78 is 14.6. The highest BCUT2D eigenvalue weighted by atomic mass is 79.9. The summed E-state index contributed by atoms with van der Waals surface area (Å²) in [5.74, 6) is -0.576. The Kier molecular flexibility index (Phi) is 5.92. The molecule has 0 fully saturated rings. The summed E-state index contributed by atoms with van der Waals surface area (Å²) in [6, 6.07) is 10.3. The summed E-state index contributed by atoms with van der Waals surface area (Å²) in [7, 11) is 0. The molecule has 2 rings (SSSR count). The van der Waals surface area contributed by atoms with E-state index in [1.54, 1.807) is 41.3 Å². The van der Waals surface area contributed by atoms with E-state index in [2.05, 4.69) is 21.2 Å². The van der Waals surface area contributed by atoms with E-state index < -0.39 is 6.03 Å². The average Bonchev–Trinajstić information content (AvgIpc) is 2.55. The third kappa shape index (κ3) is 4.55. The van der Waals surface area contributed by atoms with Crippen molar-refractivity contribution in [2.45, 2.75) is 13.5 Å². The third-order valence-electron chi connectivity index (χ3n) is 3.44. The number of nitrogens with two attached hydrogens (primary N) is 1. The van der Waals surface area contributed by atoms with Crippen molar-refractivity contribution >= 4 is 33.6 Å². The molecule has 24 heavy (non-hydrogen) atoms. The average molecular weight is 394 g/mol. The zero-order chi connectivity index (χ0) is 17.7. The lowest BCUT2D eigenvalue weighted by Gasteiger charge is -2.21. The Labute approximate surface area is 147 Å². The van der Waals surface area contributed by atoms with Gasteiger partial charge in [0, 0.05) is 34.4 Å². The first-order chi connectivity index (χ1) is 11.4. The standard InChI is InChI=1S/C17H17BrFN3O2/c1-2-22(10-12-9-13(18)5-8-15(12)19)16(23)11-3-6-14(7-4-11)21-17(20)24/h3-9H,2,10H2,1H3,(H3,20,21,24). The molecule has 5 nitrogen and oxygen atoms in total. The fourth-order valence-corrected chi connectivity index (χ4v) is 2.63. The number of rotatable bonds is 5. The number of primary amides is 1. The largest absolute Gasteiger partial charge is 0.351 e. The maximum absolute atomic E-state index is 13.9. The van der Waals surface area contributed by atoms with Crippen LogP contribution in [-0.4, -0.2) is 23.4 Å². The number of carbonyl (C=O) groups is 2. The number of anilines is 1. The lowest BCUT2D eigenvalue weighted by molar-refractivity contribution is 0.0751. The topological polar surface area (TPSA) is 75.4 Å². The summed E-state index contributed by atoms with van der Waals surface area (Å²) in [4.78, 5) is 24.9. The maximum atomic E-state index is 13.9. The van der Waals surface area contributed by atoms with Crippen LogP contribution in [0.5, 0.6) is 0 Å². The number of halogens is 2. The molecule has 0 saturated heterocycles. The van der Waals surface area contributed by atoms with E-state index in [1.807, 2.05) is 6.92 Å². The summed E-state index contributed by atoms with van der Waals surface area (Å²) in [6.45, 7) is 2.44. The summed E-state index contributed by atoms with van der Waals surface area (Å²) in [6.07, 6.45) is 0. The second kappa shape index (κ2) is 7.92. The van der Waals surface area contributed by atoms with Crippen LogP contribution in [0.1, 0.15) is 22.8 Å². The smallest absolute Gasteiger partial charge is 0.316 e. The van der Waals surface area contributed by atoms with Gasteiger partial charge in [-0.2, -0.15) is 0 Å². The Hall–Kier alpha value is -2.41. The number of amides is 3. The van der Waals surface area contributed by atoms with Crippen molar-refractivity contribution in [1.29, 1.82) is 0 Å². The molecule has 0 heterocycles. The van der Waals surface area contributed by atoms with Gasteiger partial charge in [-0.05, 0) is 49.4 Å². The summed E-state index contributed by atoms with van der Waals surface area (Å²) in [5.41, 5.74) is 6.42. The van der Waals surface area contributed by atoms with Gasteiger partial charge in [0.25, 0.3) is 5.91 Å². The zero-order valence-electron chi connectivity index (χ0n) is 13.1. The van der Waals surface area contributed by atoms with Crippen molar-refractivity contribution < 1.29 is 14.0 Å². The molecule has 3 amide bonds. The molecule has 0 radical (unpaired) electrons. The molecule has 0 aliphatic rings. The van der Waals surface area contributed by atoms with Crippen molar-refractivity contribution in [2.75, 3.05) is 11.9 Å². The highest BCUT2D eigenvalue weighted by Crippen LogP contribution is 2.19. The van der Waals surface area contributed by atoms with Gasteiger partial charge in [0.05, 0.1) is 0 Å². The Morgan fingerprint density at radius 1 is 1.21 bits per heavy atom. The van der Waals surface area contributed by atoms with Gasteiger partial charge in [-0.15, -0.1) is 0 Å². The Morgan fingerprint density at radius 3 is 2.46 bits per heavy atom. The van der Waals surface area contributed by atoms with Crippen LogP contribution in [0.2, 0.25) is 0 Å². The van der Waals surface area contributed by atoms with Crippen molar-refractivity contribution in [3.63, 3.8) is 0 Å². The summed E-state index contributed by atoms with van der Waals surface area (Å²) in [5, 5.41) is 2.43. The Morgan fingerprint density at radius 2 is 1.88 bits per heavy atom. The van der Waals surface area contributed by atoms with E-state index in [-0.39, 0.29) is 18.3 Å². The van der Waals surface area contributed by atoms with Crippen LogP contribution in [0.15, 0.2) is 46.9 Å². The van der Waals surface area contributed by atoms with Crippen LogP contribution in [0, 0.1) is 5.82 Å². The van der Waals surface area contributed by atoms with Gasteiger partial charge in [-0.3, -0.25) is 4.79 Å². The number of benzene rings is 2. The van der Waals surface area contributed by atoms with Crippen molar-refractivity contribution in [3.05, 3.63) is 63.9 Å². The molecule has 0 aliphatic heterocycles. The number of nitrogens with one attached hydrogen (secondary N) is 1. The number of hydrogen-bond donors (Lipinski definition) is 2. The molecule has 126 valence electrons. The van der Waals surface area contributed by atoms with Gasteiger partial charge in [-0.1, -0.05) is 15.9 Å². The monoisotopic (exact) mass is 393 g/mol. The predicted molar refractivity (Wildman–Crippen MR) is 94.2 cm³/mol. The highest BCUT2D eigenvalue weighted by molar-refractivity contribution is 9.10. The number of urea groups is 1. The maximum Gasteiger partial charge on any atom is 0.316 e. The van der Waals surface area contributed by atoms with Gasteiger partial charge in [-0.25, -0.2) is 9.18 Å². The zero-order valence-corrected chi connectivity index (χ0v) is 14.6. The molecule has 0 unspecified atom stereocenters. The van der Waals surface area contributed by atoms with Crippen LogP contribution < -0.4 is 11.1 Å². The van der Waals surface area contributed by atoms with E-state index in [1.165, 1.54) is 6.07 Å². The van der Waals surface area contributed by atoms with E-state index in [0.717, 1.165) is 4.47 Å². The number of carbonyl (C=O) groups excluding carboxylic acids is 2. The minimum atomic E-state index is -0.672. The molecule has 0 spiro atoms. The number of nitrogens with zero attached hydrogens (tertiary/aromatic N) is 1. The predicted octanol–water partition coefficient (Wildman–Crippen LogP) is 3.74. The second-order valence-electron chi connectivity index (χ2n) is 5.12. The van der Waals surface area contributed by atoms with Gasteiger partial charge < -0.3 is 16.0 Å². The molecule has 0 atom stereocenters.